The van der Waals surface area contributed by atoms with Crippen molar-refractivity contribution in [1.82, 2.24) is 10.6 Å². The molecule has 0 fully saturated rings. The van der Waals surface area contributed by atoms with Crippen LogP contribution in [0.1, 0.15) is 46.0 Å². The van der Waals surface area contributed by atoms with E-state index in [1.54, 1.807) is 6.92 Å². The van der Waals surface area contributed by atoms with Crippen molar-refractivity contribution < 1.29 is 19.5 Å². The van der Waals surface area contributed by atoms with Crippen molar-refractivity contribution in [3.8, 4) is 0 Å². The van der Waals surface area contributed by atoms with E-state index in [1.807, 2.05) is 0 Å². The maximum atomic E-state index is 11.8. The van der Waals surface area contributed by atoms with Gasteiger partial charge in [0.15, 0.2) is 0 Å². The molecular weight excluding hydrogens is 262 g/mol. The van der Waals surface area contributed by atoms with Crippen LogP contribution in [-0.4, -0.2) is 41.5 Å². The minimum absolute atomic E-state index is 0.00103. The predicted molar refractivity (Wildman–Crippen MR) is 75.0 cm³/mol. The molecule has 5 N–H and O–H groups in total. The third-order valence-corrected chi connectivity index (χ3v) is 2.92. The molecule has 0 saturated heterocycles. The van der Waals surface area contributed by atoms with E-state index in [2.05, 4.69) is 17.6 Å². The Morgan fingerprint density at radius 3 is 2.40 bits per heavy atom. The molecule has 7 nitrogen and oxygen atoms in total. The van der Waals surface area contributed by atoms with E-state index in [-0.39, 0.29) is 12.8 Å². The summed E-state index contributed by atoms with van der Waals surface area (Å²) in [6.45, 7) is 4.47. The number of primary amides is 1. The van der Waals surface area contributed by atoms with Gasteiger partial charge in [0.2, 0.25) is 11.8 Å². The summed E-state index contributed by atoms with van der Waals surface area (Å²) in [5, 5.41) is 14.4. The van der Waals surface area contributed by atoms with Crippen LogP contribution in [0.15, 0.2) is 0 Å². The first-order valence-electron chi connectivity index (χ1n) is 6.93. The zero-order valence-corrected chi connectivity index (χ0v) is 12.1. The van der Waals surface area contributed by atoms with Crippen molar-refractivity contribution in [1.29, 1.82) is 0 Å². The lowest BCUT2D eigenvalue weighted by molar-refractivity contribution is -0.142. The smallest absolute Gasteiger partial charge is 0.326 e. The van der Waals surface area contributed by atoms with Crippen LogP contribution in [0.4, 0.5) is 0 Å². The number of carboxylic acids is 1. The van der Waals surface area contributed by atoms with Gasteiger partial charge in [0, 0.05) is 6.42 Å². The molecule has 7 heteroatoms. The highest BCUT2D eigenvalue weighted by molar-refractivity contribution is 5.87. The van der Waals surface area contributed by atoms with Gasteiger partial charge < -0.3 is 21.5 Å². The Balaban J connectivity index is 4.16. The number of unbranched alkanes of at least 4 members (excludes halogenated alkanes) is 2. The quantitative estimate of drug-likeness (QED) is 0.398. The molecule has 0 aliphatic rings. The number of amides is 2. The summed E-state index contributed by atoms with van der Waals surface area (Å²) in [7, 11) is 0. The fourth-order valence-electron chi connectivity index (χ4n) is 1.63. The van der Waals surface area contributed by atoms with Crippen LogP contribution in [0.3, 0.4) is 0 Å². The van der Waals surface area contributed by atoms with Crippen LogP contribution >= 0.6 is 0 Å². The monoisotopic (exact) mass is 287 g/mol. The first-order valence-corrected chi connectivity index (χ1v) is 6.93. The fourth-order valence-corrected chi connectivity index (χ4v) is 1.63. The van der Waals surface area contributed by atoms with Crippen molar-refractivity contribution in [2.45, 2.75) is 58.0 Å². The van der Waals surface area contributed by atoms with Crippen LogP contribution in [0.2, 0.25) is 0 Å². The lowest BCUT2D eigenvalue weighted by atomic mass is 10.1. The first-order chi connectivity index (χ1) is 9.38. The Morgan fingerprint density at radius 1 is 1.25 bits per heavy atom. The number of aliphatic carboxylic acids is 1. The molecule has 20 heavy (non-hydrogen) atoms. The molecule has 0 unspecified atom stereocenters. The predicted octanol–water partition coefficient (Wildman–Crippen LogP) is -0.0104. The topological polar surface area (TPSA) is 122 Å². The van der Waals surface area contributed by atoms with E-state index < -0.39 is 29.9 Å². The SMILES string of the molecule is CCCCCN[C@@H](C)C(=O)N[C@@H](CCC(N)=O)C(=O)O. The number of rotatable bonds is 11. The lowest BCUT2D eigenvalue weighted by Gasteiger charge is -2.18. The number of hydrogen-bond acceptors (Lipinski definition) is 4. The Hall–Kier alpha value is -1.63. The highest BCUT2D eigenvalue weighted by atomic mass is 16.4. The average molecular weight is 287 g/mol. The molecule has 0 spiro atoms. The van der Waals surface area contributed by atoms with Crippen molar-refractivity contribution in [2.75, 3.05) is 6.54 Å². The molecule has 2 amide bonds. The zero-order valence-electron chi connectivity index (χ0n) is 12.1. The molecule has 2 atom stereocenters. The minimum atomic E-state index is -1.17. The van der Waals surface area contributed by atoms with Gasteiger partial charge >= 0.3 is 5.97 Å². The summed E-state index contributed by atoms with van der Waals surface area (Å²) >= 11 is 0. The van der Waals surface area contributed by atoms with Gasteiger partial charge in [-0.05, 0) is 26.3 Å². The highest BCUT2D eigenvalue weighted by Gasteiger charge is 2.22. The van der Waals surface area contributed by atoms with Gasteiger partial charge in [0.1, 0.15) is 6.04 Å². The van der Waals surface area contributed by atoms with Crippen molar-refractivity contribution in [2.24, 2.45) is 5.73 Å². The maximum absolute atomic E-state index is 11.8. The second-order valence-corrected chi connectivity index (χ2v) is 4.79. The molecule has 0 aliphatic carbocycles. The van der Waals surface area contributed by atoms with E-state index in [9.17, 15) is 14.4 Å². The largest absolute Gasteiger partial charge is 0.480 e. The van der Waals surface area contributed by atoms with E-state index in [4.69, 9.17) is 10.8 Å². The third-order valence-electron chi connectivity index (χ3n) is 2.92. The van der Waals surface area contributed by atoms with Gasteiger partial charge in [0.25, 0.3) is 0 Å². The summed E-state index contributed by atoms with van der Waals surface area (Å²) in [4.78, 5) is 33.4. The van der Waals surface area contributed by atoms with Gasteiger partial charge in [-0.2, -0.15) is 0 Å². The Morgan fingerprint density at radius 2 is 1.90 bits per heavy atom. The second-order valence-electron chi connectivity index (χ2n) is 4.79. The maximum Gasteiger partial charge on any atom is 0.326 e. The summed E-state index contributed by atoms with van der Waals surface area (Å²) in [6.07, 6.45) is 3.07. The van der Waals surface area contributed by atoms with Gasteiger partial charge in [-0.3, -0.25) is 9.59 Å². The van der Waals surface area contributed by atoms with E-state index in [0.29, 0.717) is 6.54 Å². The number of nitrogens with two attached hydrogens (primary N) is 1. The van der Waals surface area contributed by atoms with Crippen molar-refractivity contribution in [3.63, 3.8) is 0 Å². The van der Waals surface area contributed by atoms with Gasteiger partial charge in [-0.1, -0.05) is 19.8 Å². The van der Waals surface area contributed by atoms with Gasteiger partial charge in [-0.25, -0.2) is 4.79 Å². The number of hydrogen-bond donors (Lipinski definition) is 4. The molecule has 0 aromatic rings. The second kappa shape index (κ2) is 10.2. The molecule has 0 radical (unpaired) electrons. The summed E-state index contributed by atoms with van der Waals surface area (Å²) in [5.74, 6) is -2.15. The van der Waals surface area contributed by atoms with Crippen LogP contribution in [0, 0.1) is 0 Å². The van der Waals surface area contributed by atoms with E-state index in [0.717, 1.165) is 19.3 Å². The van der Waals surface area contributed by atoms with Crippen LogP contribution < -0.4 is 16.4 Å². The summed E-state index contributed by atoms with van der Waals surface area (Å²) in [5.41, 5.74) is 4.97. The molecule has 0 bridgehead atoms. The molecule has 0 heterocycles. The van der Waals surface area contributed by atoms with Gasteiger partial charge in [-0.15, -0.1) is 0 Å². The third kappa shape index (κ3) is 8.47. The molecule has 0 rings (SSSR count). The van der Waals surface area contributed by atoms with Crippen molar-refractivity contribution in [3.05, 3.63) is 0 Å². The van der Waals surface area contributed by atoms with Crippen LogP contribution in [0.25, 0.3) is 0 Å². The average Bonchev–Trinajstić information content (AvgIpc) is 2.38. The number of carboxylic acid groups (broad SMARTS) is 1. The summed E-state index contributed by atoms with van der Waals surface area (Å²) in [6, 6.07) is -1.56. The summed E-state index contributed by atoms with van der Waals surface area (Å²) < 4.78 is 0. The van der Waals surface area contributed by atoms with Gasteiger partial charge in [0.05, 0.1) is 6.04 Å². The molecule has 116 valence electrons. The Labute approximate surface area is 119 Å². The lowest BCUT2D eigenvalue weighted by Crippen LogP contribution is -2.49. The Bertz CT molecular complexity index is 334. The molecule has 0 saturated carbocycles. The molecule has 0 aromatic carbocycles. The fraction of sp³-hybridized carbons (Fsp3) is 0.769. The van der Waals surface area contributed by atoms with Crippen LogP contribution in [0.5, 0.6) is 0 Å². The Kier molecular flexibility index (Phi) is 9.36. The first kappa shape index (κ1) is 18.4. The minimum Gasteiger partial charge on any atom is -0.480 e. The standard InChI is InChI=1S/C13H25N3O4/c1-3-4-5-8-15-9(2)12(18)16-10(13(19)20)6-7-11(14)17/h9-10,15H,3-8H2,1-2H3,(H2,14,17)(H,16,18)(H,19,20)/t9-,10-/m0/s1. The molecule has 0 aromatic heterocycles. The highest BCUT2D eigenvalue weighted by Crippen LogP contribution is 1.99. The number of carbonyl (C=O) groups is 3. The molecular formula is C13H25N3O4. The van der Waals surface area contributed by atoms with E-state index >= 15 is 0 Å². The normalized spacial score (nSPS) is 13.5. The number of carbonyl (C=O) groups excluding carboxylic acids is 2. The molecule has 0 aliphatic heterocycles. The van der Waals surface area contributed by atoms with Crippen LogP contribution in [-0.2, 0) is 14.4 Å². The van der Waals surface area contributed by atoms with Crippen molar-refractivity contribution >= 4 is 17.8 Å². The zero-order chi connectivity index (χ0) is 15.5. The number of nitrogens with one attached hydrogen (secondary N) is 2. The van der Waals surface area contributed by atoms with E-state index in [1.165, 1.54) is 0 Å².